The summed E-state index contributed by atoms with van der Waals surface area (Å²) >= 11 is 0. The number of benzene rings is 1. The van der Waals surface area contributed by atoms with Crippen LogP contribution in [0, 0.1) is 0 Å². The molecular weight excluding hydrogens is 270 g/mol. The normalized spacial score (nSPS) is 10.9. The third-order valence-corrected chi connectivity index (χ3v) is 3.10. The van der Waals surface area contributed by atoms with E-state index >= 15 is 0 Å². The standard InChI is InChI=1S/C16H23NO4/c1-5-16(3,4)17-14(18)11-21-13-9-7-12(8-10-13)15(19)20-6-2/h7-10H,5-6,11H2,1-4H3,(H,17,18). The van der Waals surface area contributed by atoms with Crippen molar-refractivity contribution in [2.24, 2.45) is 0 Å². The monoisotopic (exact) mass is 293 g/mol. The van der Waals surface area contributed by atoms with Gasteiger partial charge in [-0.2, -0.15) is 0 Å². The van der Waals surface area contributed by atoms with Gasteiger partial charge in [0.25, 0.3) is 5.91 Å². The fourth-order valence-corrected chi connectivity index (χ4v) is 1.55. The Kier molecular flexibility index (Phi) is 6.21. The van der Waals surface area contributed by atoms with Gasteiger partial charge < -0.3 is 14.8 Å². The lowest BCUT2D eigenvalue weighted by molar-refractivity contribution is -0.124. The molecule has 0 atom stereocenters. The lowest BCUT2D eigenvalue weighted by Crippen LogP contribution is -2.44. The number of carbonyl (C=O) groups is 2. The van der Waals surface area contributed by atoms with Crippen LogP contribution in [0.5, 0.6) is 5.75 Å². The van der Waals surface area contributed by atoms with Gasteiger partial charge in [-0.25, -0.2) is 4.79 Å². The van der Waals surface area contributed by atoms with Gasteiger partial charge in [0.05, 0.1) is 12.2 Å². The topological polar surface area (TPSA) is 64.6 Å². The van der Waals surface area contributed by atoms with Crippen LogP contribution < -0.4 is 10.1 Å². The molecule has 116 valence electrons. The van der Waals surface area contributed by atoms with Crippen LogP contribution in [-0.4, -0.2) is 30.6 Å². The zero-order valence-electron chi connectivity index (χ0n) is 13.1. The summed E-state index contributed by atoms with van der Waals surface area (Å²) in [5.41, 5.74) is 0.217. The quantitative estimate of drug-likeness (QED) is 0.785. The highest BCUT2D eigenvalue weighted by atomic mass is 16.5. The van der Waals surface area contributed by atoms with E-state index in [1.165, 1.54) is 0 Å². The highest BCUT2D eigenvalue weighted by Crippen LogP contribution is 2.13. The maximum Gasteiger partial charge on any atom is 0.338 e. The van der Waals surface area contributed by atoms with Gasteiger partial charge >= 0.3 is 5.97 Å². The SMILES string of the molecule is CCOC(=O)c1ccc(OCC(=O)NC(C)(C)CC)cc1. The van der Waals surface area contributed by atoms with Crippen molar-refractivity contribution in [3.63, 3.8) is 0 Å². The molecule has 0 aromatic heterocycles. The van der Waals surface area contributed by atoms with Gasteiger partial charge in [0.15, 0.2) is 6.61 Å². The summed E-state index contributed by atoms with van der Waals surface area (Å²) in [6.45, 7) is 7.96. The summed E-state index contributed by atoms with van der Waals surface area (Å²) in [6.07, 6.45) is 0.840. The fourth-order valence-electron chi connectivity index (χ4n) is 1.55. The first-order valence-electron chi connectivity index (χ1n) is 7.09. The van der Waals surface area contributed by atoms with Crippen molar-refractivity contribution in [3.8, 4) is 5.75 Å². The van der Waals surface area contributed by atoms with Crippen molar-refractivity contribution in [3.05, 3.63) is 29.8 Å². The minimum absolute atomic E-state index is 0.0534. The van der Waals surface area contributed by atoms with E-state index in [4.69, 9.17) is 9.47 Å². The predicted octanol–water partition coefficient (Wildman–Crippen LogP) is 2.55. The molecule has 21 heavy (non-hydrogen) atoms. The summed E-state index contributed by atoms with van der Waals surface area (Å²) in [7, 11) is 0. The summed E-state index contributed by atoms with van der Waals surface area (Å²) in [5, 5.41) is 2.88. The van der Waals surface area contributed by atoms with Gasteiger partial charge in [0.2, 0.25) is 0 Å². The second-order valence-electron chi connectivity index (χ2n) is 5.32. The number of hydrogen-bond donors (Lipinski definition) is 1. The molecule has 0 fully saturated rings. The molecule has 1 aromatic rings. The third kappa shape index (κ3) is 5.85. The van der Waals surface area contributed by atoms with Gasteiger partial charge in [-0.15, -0.1) is 0 Å². The number of hydrogen-bond acceptors (Lipinski definition) is 4. The number of ether oxygens (including phenoxy) is 2. The number of carbonyl (C=O) groups excluding carboxylic acids is 2. The largest absolute Gasteiger partial charge is 0.484 e. The molecule has 0 unspecified atom stereocenters. The Morgan fingerprint density at radius 1 is 1.14 bits per heavy atom. The smallest absolute Gasteiger partial charge is 0.338 e. The van der Waals surface area contributed by atoms with Crippen molar-refractivity contribution in [1.82, 2.24) is 5.32 Å². The summed E-state index contributed by atoms with van der Waals surface area (Å²) in [4.78, 5) is 23.2. The molecule has 1 aromatic carbocycles. The third-order valence-electron chi connectivity index (χ3n) is 3.10. The van der Waals surface area contributed by atoms with Gasteiger partial charge in [-0.05, 0) is 51.5 Å². The lowest BCUT2D eigenvalue weighted by Gasteiger charge is -2.24. The Morgan fingerprint density at radius 2 is 1.76 bits per heavy atom. The average Bonchev–Trinajstić information content (AvgIpc) is 2.45. The number of esters is 1. The summed E-state index contributed by atoms with van der Waals surface area (Å²) in [5.74, 6) is -0.00434. The van der Waals surface area contributed by atoms with Gasteiger partial charge in [-0.3, -0.25) is 4.79 Å². The first kappa shape index (κ1) is 17.0. The Hall–Kier alpha value is -2.04. The highest BCUT2D eigenvalue weighted by molar-refractivity contribution is 5.89. The van der Waals surface area contributed by atoms with Crippen LogP contribution in [0.2, 0.25) is 0 Å². The van der Waals surface area contributed by atoms with Crippen molar-refractivity contribution < 1.29 is 19.1 Å². The summed E-state index contributed by atoms with van der Waals surface area (Å²) in [6, 6.07) is 6.51. The van der Waals surface area contributed by atoms with Crippen LogP contribution >= 0.6 is 0 Å². The molecule has 0 heterocycles. The first-order chi connectivity index (χ1) is 9.88. The zero-order chi connectivity index (χ0) is 15.9. The van der Waals surface area contributed by atoms with Gasteiger partial charge in [0, 0.05) is 5.54 Å². The Bertz CT molecular complexity index is 480. The van der Waals surface area contributed by atoms with Crippen LogP contribution in [0.4, 0.5) is 0 Å². The minimum atomic E-state index is -0.369. The van der Waals surface area contributed by atoms with Crippen LogP contribution in [0.1, 0.15) is 44.5 Å². The lowest BCUT2D eigenvalue weighted by atomic mass is 10.0. The van der Waals surface area contributed by atoms with E-state index in [-0.39, 0.29) is 24.0 Å². The number of rotatable bonds is 7. The fraction of sp³-hybridized carbons (Fsp3) is 0.500. The van der Waals surface area contributed by atoms with Gasteiger partial charge in [0.1, 0.15) is 5.75 Å². The molecule has 0 aliphatic rings. The maximum atomic E-state index is 11.7. The van der Waals surface area contributed by atoms with Crippen molar-refractivity contribution in [2.75, 3.05) is 13.2 Å². The average molecular weight is 293 g/mol. The summed E-state index contributed by atoms with van der Waals surface area (Å²) < 4.78 is 10.3. The van der Waals surface area contributed by atoms with Crippen LogP contribution in [0.15, 0.2) is 24.3 Å². The van der Waals surface area contributed by atoms with Crippen LogP contribution in [-0.2, 0) is 9.53 Å². The van der Waals surface area contributed by atoms with E-state index in [1.54, 1.807) is 31.2 Å². The predicted molar refractivity (Wildman–Crippen MR) is 80.4 cm³/mol. The molecule has 1 amide bonds. The van der Waals surface area contributed by atoms with Gasteiger partial charge in [-0.1, -0.05) is 6.92 Å². The van der Waals surface area contributed by atoms with E-state index in [9.17, 15) is 9.59 Å². The van der Waals surface area contributed by atoms with E-state index in [0.29, 0.717) is 17.9 Å². The molecule has 0 spiro atoms. The molecule has 5 heteroatoms. The molecule has 0 saturated heterocycles. The molecule has 1 N–H and O–H groups in total. The van der Waals surface area contributed by atoms with E-state index in [0.717, 1.165) is 6.42 Å². The molecule has 0 aliphatic heterocycles. The van der Waals surface area contributed by atoms with Crippen molar-refractivity contribution in [1.29, 1.82) is 0 Å². The molecule has 0 bridgehead atoms. The molecule has 5 nitrogen and oxygen atoms in total. The maximum absolute atomic E-state index is 11.7. The second-order valence-corrected chi connectivity index (χ2v) is 5.32. The number of amides is 1. The molecule has 0 aliphatic carbocycles. The minimum Gasteiger partial charge on any atom is -0.484 e. The Balaban J connectivity index is 2.49. The Labute approximate surface area is 125 Å². The van der Waals surface area contributed by atoms with Crippen LogP contribution in [0.3, 0.4) is 0 Å². The van der Waals surface area contributed by atoms with E-state index in [1.807, 2.05) is 20.8 Å². The first-order valence-corrected chi connectivity index (χ1v) is 7.09. The number of nitrogens with one attached hydrogen (secondary N) is 1. The van der Waals surface area contributed by atoms with E-state index < -0.39 is 0 Å². The van der Waals surface area contributed by atoms with Crippen molar-refractivity contribution >= 4 is 11.9 Å². The Morgan fingerprint density at radius 3 is 2.29 bits per heavy atom. The molecule has 1 rings (SSSR count). The van der Waals surface area contributed by atoms with Crippen molar-refractivity contribution in [2.45, 2.75) is 39.7 Å². The van der Waals surface area contributed by atoms with Crippen LogP contribution in [0.25, 0.3) is 0 Å². The highest BCUT2D eigenvalue weighted by Gasteiger charge is 2.17. The zero-order valence-corrected chi connectivity index (χ0v) is 13.1. The van der Waals surface area contributed by atoms with E-state index in [2.05, 4.69) is 5.32 Å². The molecule has 0 saturated carbocycles. The molecular formula is C16H23NO4. The second kappa shape index (κ2) is 7.67. The molecule has 0 radical (unpaired) electrons.